The smallest absolute Gasteiger partial charge is 0.253 e. The zero-order valence-corrected chi connectivity index (χ0v) is 18.5. The van der Waals surface area contributed by atoms with E-state index in [9.17, 15) is 9.90 Å². The van der Waals surface area contributed by atoms with Gasteiger partial charge in [-0.2, -0.15) is 9.78 Å². The number of aromatic hydroxyl groups is 1. The van der Waals surface area contributed by atoms with Gasteiger partial charge in [-0.05, 0) is 59.3 Å². The summed E-state index contributed by atoms with van der Waals surface area (Å²) >= 11 is 1.22. The standard InChI is InChI=1S/C23H20N6O3S/c1-15-4-6-16(7-5-15)19-13-20(21-3-2-12-32-21)29(25-19)22(31)14-33-23-24-26-27-28(23)17-8-10-18(30)11-9-17/h2-12,20,30H,13-14H2,1H3/t20-/m1/s1. The summed E-state index contributed by atoms with van der Waals surface area (Å²) in [6, 6.07) is 18.0. The number of rotatable bonds is 6. The van der Waals surface area contributed by atoms with E-state index in [1.54, 1.807) is 30.5 Å². The molecule has 0 unspecified atom stereocenters. The molecule has 4 aromatic rings. The van der Waals surface area contributed by atoms with E-state index in [1.807, 2.05) is 43.3 Å². The van der Waals surface area contributed by atoms with Gasteiger partial charge in [-0.15, -0.1) is 5.10 Å². The molecule has 9 nitrogen and oxygen atoms in total. The van der Waals surface area contributed by atoms with Gasteiger partial charge < -0.3 is 9.52 Å². The first-order valence-electron chi connectivity index (χ1n) is 10.3. The maximum absolute atomic E-state index is 13.2. The Morgan fingerprint density at radius 1 is 1.15 bits per heavy atom. The van der Waals surface area contributed by atoms with Crippen LogP contribution in [0, 0.1) is 6.92 Å². The third-order valence-corrected chi connectivity index (χ3v) is 6.19. The second-order valence-corrected chi connectivity index (χ2v) is 8.51. The van der Waals surface area contributed by atoms with Crippen molar-refractivity contribution in [1.29, 1.82) is 0 Å². The Morgan fingerprint density at radius 2 is 1.94 bits per heavy atom. The summed E-state index contributed by atoms with van der Waals surface area (Å²) in [5.41, 5.74) is 3.66. The van der Waals surface area contributed by atoms with Crippen molar-refractivity contribution < 1.29 is 14.3 Å². The minimum Gasteiger partial charge on any atom is -0.508 e. The van der Waals surface area contributed by atoms with Gasteiger partial charge in [0, 0.05) is 6.42 Å². The molecule has 1 aliphatic heterocycles. The maximum Gasteiger partial charge on any atom is 0.253 e. The molecule has 33 heavy (non-hydrogen) atoms. The van der Waals surface area contributed by atoms with Gasteiger partial charge in [-0.1, -0.05) is 41.6 Å². The molecule has 5 rings (SSSR count). The number of hydrazone groups is 1. The summed E-state index contributed by atoms with van der Waals surface area (Å²) in [4.78, 5) is 13.2. The number of thioether (sulfide) groups is 1. The minimum absolute atomic E-state index is 0.0976. The van der Waals surface area contributed by atoms with Crippen molar-refractivity contribution in [3.05, 3.63) is 83.8 Å². The number of amides is 1. The topological polar surface area (TPSA) is 110 Å². The molecule has 1 N–H and O–H groups in total. The van der Waals surface area contributed by atoms with Crippen LogP contribution in [0.1, 0.15) is 29.3 Å². The van der Waals surface area contributed by atoms with E-state index >= 15 is 0 Å². The van der Waals surface area contributed by atoms with Crippen molar-refractivity contribution >= 4 is 23.4 Å². The molecule has 1 aliphatic rings. The number of phenolic OH excluding ortho intramolecular Hbond substituents is 1. The van der Waals surface area contributed by atoms with Crippen molar-refractivity contribution in [1.82, 2.24) is 25.2 Å². The number of phenols is 1. The fourth-order valence-electron chi connectivity index (χ4n) is 3.58. The highest BCUT2D eigenvalue weighted by Crippen LogP contribution is 2.34. The molecule has 0 bridgehead atoms. The number of tetrazole rings is 1. The minimum atomic E-state index is -0.308. The van der Waals surface area contributed by atoms with E-state index < -0.39 is 0 Å². The first kappa shape index (κ1) is 21.0. The van der Waals surface area contributed by atoms with Crippen LogP contribution in [0.3, 0.4) is 0 Å². The van der Waals surface area contributed by atoms with Crippen LogP contribution in [0.25, 0.3) is 5.69 Å². The molecule has 2 aromatic carbocycles. The lowest BCUT2D eigenvalue weighted by atomic mass is 10.0. The van der Waals surface area contributed by atoms with Crippen LogP contribution in [0.2, 0.25) is 0 Å². The molecule has 0 spiro atoms. The van der Waals surface area contributed by atoms with Gasteiger partial charge in [0.2, 0.25) is 5.16 Å². The Hall–Kier alpha value is -3.92. The molecular weight excluding hydrogens is 440 g/mol. The van der Waals surface area contributed by atoms with E-state index in [0.29, 0.717) is 23.0 Å². The van der Waals surface area contributed by atoms with Crippen molar-refractivity contribution in [3.63, 3.8) is 0 Å². The normalized spacial score (nSPS) is 15.6. The average Bonchev–Trinajstić information content (AvgIpc) is 3.59. The van der Waals surface area contributed by atoms with Gasteiger partial charge in [0.1, 0.15) is 17.6 Å². The SMILES string of the molecule is Cc1ccc(C2=NN(C(=O)CSc3nnnn3-c3ccc(O)cc3)[C@@H](c3ccco3)C2)cc1. The van der Waals surface area contributed by atoms with Crippen molar-refractivity contribution in [2.75, 3.05) is 5.75 Å². The van der Waals surface area contributed by atoms with Crippen molar-refractivity contribution in [3.8, 4) is 11.4 Å². The zero-order valence-electron chi connectivity index (χ0n) is 17.7. The van der Waals surface area contributed by atoms with Crippen LogP contribution >= 0.6 is 11.8 Å². The largest absolute Gasteiger partial charge is 0.508 e. The number of hydrogen-bond acceptors (Lipinski definition) is 8. The lowest BCUT2D eigenvalue weighted by molar-refractivity contribution is -0.130. The van der Waals surface area contributed by atoms with E-state index in [-0.39, 0.29) is 23.5 Å². The molecule has 0 saturated carbocycles. The molecule has 1 atom stereocenters. The van der Waals surface area contributed by atoms with Crippen LogP contribution in [-0.4, -0.2) is 47.7 Å². The number of aryl methyl sites for hydroxylation is 1. The third-order valence-electron chi connectivity index (χ3n) is 5.28. The van der Waals surface area contributed by atoms with Gasteiger partial charge in [0.15, 0.2) is 0 Å². The summed E-state index contributed by atoms with van der Waals surface area (Å²) in [5.74, 6) is 0.758. The molecular formula is C23H20N6O3S. The van der Waals surface area contributed by atoms with E-state index in [1.165, 1.54) is 21.5 Å². The van der Waals surface area contributed by atoms with E-state index in [2.05, 4.69) is 20.6 Å². The van der Waals surface area contributed by atoms with Gasteiger partial charge in [-0.3, -0.25) is 4.79 Å². The zero-order chi connectivity index (χ0) is 22.8. The van der Waals surface area contributed by atoms with Gasteiger partial charge in [0.25, 0.3) is 5.91 Å². The fourth-order valence-corrected chi connectivity index (χ4v) is 4.32. The Labute approximate surface area is 193 Å². The Bertz CT molecular complexity index is 1280. The number of carbonyl (C=O) groups is 1. The molecule has 3 heterocycles. The number of aromatic nitrogens is 4. The highest BCUT2D eigenvalue weighted by atomic mass is 32.2. The van der Waals surface area contributed by atoms with Gasteiger partial charge in [-0.25, -0.2) is 5.01 Å². The second kappa shape index (κ2) is 8.91. The highest BCUT2D eigenvalue weighted by Gasteiger charge is 2.35. The second-order valence-electron chi connectivity index (χ2n) is 7.56. The summed E-state index contributed by atoms with van der Waals surface area (Å²) < 4.78 is 7.13. The van der Waals surface area contributed by atoms with Crippen LogP contribution in [-0.2, 0) is 4.79 Å². The maximum atomic E-state index is 13.2. The fraction of sp³-hybridized carbons (Fsp3) is 0.174. The van der Waals surface area contributed by atoms with E-state index in [4.69, 9.17) is 4.42 Å². The molecule has 10 heteroatoms. The first-order valence-corrected chi connectivity index (χ1v) is 11.3. The van der Waals surface area contributed by atoms with Crippen LogP contribution in [0.5, 0.6) is 5.75 Å². The molecule has 1 amide bonds. The number of furan rings is 1. The summed E-state index contributed by atoms with van der Waals surface area (Å²) in [6.07, 6.45) is 2.17. The van der Waals surface area contributed by atoms with Crippen molar-refractivity contribution in [2.24, 2.45) is 5.10 Å². The molecule has 0 fully saturated rings. The molecule has 0 saturated heterocycles. The summed E-state index contributed by atoms with van der Waals surface area (Å²) in [5, 5.41) is 27.9. The van der Waals surface area contributed by atoms with Crippen LogP contribution in [0.15, 0.2) is 81.6 Å². The Balaban J connectivity index is 1.36. The predicted molar refractivity (Wildman–Crippen MR) is 122 cm³/mol. The highest BCUT2D eigenvalue weighted by molar-refractivity contribution is 7.99. The molecule has 166 valence electrons. The number of benzene rings is 2. The third kappa shape index (κ3) is 4.37. The monoisotopic (exact) mass is 460 g/mol. The van der Waals surface area contributed by atoms with Crippen LogP contribution < -0.4 is 0 Å². The predicted octanol–water partition coefficient (Wildman–Crippen LogP) is 3.74. The van der Waals surface area contributed by atoms with Crippen molar-refractivity contribution in [2.45, 2.75) is 24.5 Å². The number of nitrogens with zero attached hydrogens (tertiary/aromatic N) is 6. The van der Waals surface area contributed by atoms with E-state index in [0.717, 1.165) is 16.8 Å². The number of hydrogen-bond donors (Lipinski definition) is 1. The lowest BCUT2D eigenvalue weighted by Crippen LogP contribution is -2.28. The Morgan fingerprint density at radius 3 is 2.67 bits per heavy atom. The quantitative estimate of drug-likeness (QED) is 0.437. The number of carbonyl (C=O) groups excluding carboxylic acids is 1. The molecule has 2 aromatic heterocycles. The van der Waals surface area contributed by atoms with Gasteiger partial charge in [0.05, 0.1) is 23.4 Å². The summed E-state index contributed by atoms with van der Waals surface area (Å²) in [6.45, 7) is 2.03. The van der Waals surface area contributed by atoms with Crippen LogP contribution in [0.4, 0.5) is 0 Å². The first-order chi connectivity index (χ1) is 16.1. The Kier molecular flexibility index (Phi) is 5.66. The molecule has 0 radical (unpaired) electrons. The lowest BCUT2D eigenvalue weighted by Gasteiger charge is -2.19. The van der Waals surface area contributed by atoms with Gasteiger partial charge >= 0.3 is 0 Å². The molecule has 0 aliphatic carbocycles. The average molecular weight is 461 g/mol. The summed E-state index contributed by atoms with van der Waals surface area (Å²) in [7, 11) is 0.